The van der Waals surface area contributed by atoms with Crippen LogP contribution in [-0.2, 0) is 14.8 Å². The van der Waals surface area contributed by atoms with Crippen LogP contribution in [0.2, 0.25) is 0 Å². The van der Waals surface area contributed by atoms with E-state index in [0.29, 0.717) is 18.1 Å². The van der Waals surface area contributed by atoms with Crippen LogP contribution < -0.4 is 14.8 Å². The van der Waals surface area contributed by atoms with E-state index in [4.69, 9.17) is 9.47 Å². The summed E-state index contributed by atoms with van der Waals surface area (Å²) in [4.78, 5) is 12.7. The molecule has 0 spiro atoms. The van der Waals surface area contributed by atoms with E-state index in [0.717, 1.165) is 15.4 Å². The van der Waals surface area contributed by atoms with Crippen LogP contribution in [-0.4, -0.2) is 45.4 Å². The van der Waals surface area contributed by atoms with Gasteiger partial charge < -0.3 is 14.8 Å². The van der Waals surface area contributed by atoms with Crippen molar-refractivity contribution in [2.75, 3.05) is 26.8 Å². The number of nitrogens with one attached hydrogen (secondary N) is 1. The monoisotopic (exact) mass is 434 g/mol. The van der Waals surface area contributed by atoms with Crippen molar-refractivity contribution >= 4 is 15.9 Å². The number of amides is 1. The van der Waals surface area contributed by atoms with E-state index < -0.39 is 10.0 Å². The smallest absolute Gasteiger partial charge is 0.243 e. The first-order valence-electron chi connectivity index (χ1n) is 9.90. The second-order valence-electron chi connectivity index (χ2n) is 6.82. The number of hydrogen-bond acceptors (Lipinski definition) is 5. The number of methoxy groups -OCH3 is 1. The van der Waals surface area contributed by atoms with Gasteiger partial charge >= 0.3 is 0 Å². The predicted octanol–water partition coefficient (Wildman–Crippen LogP) is 3.29. The van der Waals surface area contributed by atoms with E-state index in [2.05, 4.69) is 5.32 Å². The Morgan fingerprint density at radius 2 is 1.83 bits per heavy atom. The van der Waals surface area contributed by atoms with Crippen LogP contribution in [0.3, 0.4) is 0 Å². The zero-order chi connectivity index (χ0) is 22.3. The molecule has 0 bridgehead atoms. The summed E-state index contributed by atoms with van der Waals surface area (Å²) in [6.07, 6.45) is 0. The van der Waals surface area contributed by atoms with E-state index in [1.54, 1.807) is 33.1 Å². The van der Waals surface area contributed by atoms with Crippen molar-refractivity contribution in [2.45, 2.75) is 38.6 Å². The Kier molecular flexibility index (Phi) is 8.25. The molecule has 0 aliphatic carbocycles. The number of rotatable bonds is 10. The Morgan fingerprint density at radius 3 is 2.43 bits per heavy atom. The zero-order valence-electron chi connectivity index (χ0n) is 18.1. The van der Waals surface area contributed by atoms with Gasteiger partial charge in [0.2, 0.25) is 15.9 Å². The fourth-order valence-corrected chi connectivity index (χ4v) is 4.66. The van der Waals surface area contributed by atoms with E-state index in [1.165, 1.54) is 6.07 Å². The topological polar surface area (TPSA) is 84.9 Å². The van der Waals surface area contributed by atoms with Crippen molar-refractivity contribution in [1.29, 1.82) is 0 Å². The molecule has 0 fully saturated rings. The number of aryl methyl sites for hydroxylation is 1. The van der Waals surface area contributed by atoms with Gasteiger partial charge in [0.1, 0.15) is 11.5 Å². The Hall–Kier alpha value is -2.58. The van der Waals surface area contributed by atoms with Gasteiger partial charge in [0.25, 0.3) is 0 Å². The highest BCUT2D eigenvalue weighted by Crippen LogP contribution is 2.25. The summed E-state index contributed by atoms with van der Waals surface area (Å²) in [6.45, 7) is 7.59. The Morgan fingerprint density at radius 1 is 1.13 bits per heavy atom. The number of carbonyl (C=O) groups is 1. The molecule has 2 rings (SSSR count). The molecule has 0 unspecified atom stereocenters. The molecule has 0 aliphatic rings. The number of nitrogens with zero attached hydrogens (tertiary/aromatic N) is 1. The van der Waals surface area contributed by atoms with Crippen LogP contribution in [0.15, 0.2) is 47.4 Å². The van der Waals surface area contributed by atoms with Gasteiger partial charge in [-0.05, 0) is 50.6 Å². The zero-order valence-corrected chi connectivity index (χ0v) is 19.0. The summed E-state index contributed by atoms with van der Waals surface area (Å²) in [7, 11) is -2.25. The molecule has 1 N–H and O–H groups in total. The summed E-state index contributed by atoms with van der Waals surface area (Å²) < 4.78 is 38.1. The third-order valence-corrected chi connectivity index (χ3v) is 6.66. The Bertz CT molecular complexity index is 975. The fourth-order valence-electron chi connectivity index (χ4n) is 3.16. The molecule has 2 aromatic carbocycles. The molecule has 0 aliphatic heterocycles. The summed E-state index contributed by atoms with van der Waals surface area (Å²) in [6, 6.07) is 11.8. The number of carbonyl (C=O) groups excluding carboxylic acids is 1. The number of para-hydroxylation sites is 1. The maximum atomic E-state index is 13.1. The average Bonchev–Trinajstić information content (AvgIpc) is 2.73. The summed E-state index contributed by atoms with van der Waals surface area (Å²) in [5, 5.41) is 2.85. The van der Waals surface area contributed by atoms with Crippen LogP contribution in [0.1, 0.15) is 37.9 Å². The van der Waals surface area contributed by atoms with Gasteiger partial charge in [-0.15, -0.1) is 0 Å². The van der Waals surface area contributed by atoms with Gasteiger partial charge in [-0.2, -0.15) is 4.31 Å². The first-order valence-corrected chi connectivity index (χ1v) is 11.3. The van der Waals surface area contributed by atoms with Crippen molar-refractivity contribution in [3.8, 4) is 11.5 Å². The molecule has 164 valence electrons. The molecule has 1 amide bonds. The lowest BCUT2D eigenvalue weighted by molar-refractivity contribution is -0.121. The third kappa shape index (κ3) is 5.52. The number of likely N-dealkylation sites (N-methyl/N-ethyl adjacent to an activating group) is 1. The van der Waals surface area contributed by atoms with E-state index >= 15 is 0 Å². The standard InChI is InChI=1S/C22H30N2O5S/c1-6-24(30(26,27)18-12-13-20(29-7-2)16(3)14-18)15-22(25)23-17(4)19-10-8-9-11-21(19)28-5/h8-14,17H,6-7,15H2,1-5H3,(H,23,25)/t17-/m0/s1. The van der Waals surface area contributed by atoms with Crippen molar-refractivity contribution in [2.24, 2.45) is 0 Å². The molecule has 0 aromatic heterocycles. The van der Waals surface area contributed by atoms with Crippen molar-refractivity contribution < 1.29 is 22.7 Å². The number of ether oxygens (including phenoxy) is 2. The minimum absolute atomic E-state index is 0.135. The quantitative estimate of drug-likeness (QED) is 0.620. The average molecular weight is 435 g/mol. The van der Waals surface area contributed by atoms with Gasteiger partial charge in [-0.25, -0.2) is 8.42 Å². The molecule has 2 aromatic rings. The molecule has 1 atom stereocenters. The Labute approximate surface area is 179 Å². The molecule has 0 saturated carbocycles. The number of benzene rings is 2. The largest absolute Gasteiger partial charge is 0.496 e. The maximum Gasteiger partial charge on any atom is 0.243 e. The van der Waals surface area contributed by atoms with Gasteiger partial charge in [0.15, 0.2) is 0 Å². The molecular formula is C22H30N2O5S. The van der Waals surface area contributed by atoms with Gasteiger partial charge in [-0.3, -0.25) is 4.79 Å². The SMILES string of the molecule is CCOc1ccc(S(=O)(=O)N(CC)CC(=O)N[C@@H](C)c2ccccc2OC)cc1C. The van der Waals surface area contributed by atoms with Crippen LogP contribution in [0.25, 0.3) is 0 Å². The fraction of sp³-hybridized carbons (Fsp3) is 0.409. The Balaban J connectivity index is 2.15. The summed E-state index contributed by atoms with van der Waals surface area (Å²) >= 11 is 0. The lowest BCUT2D eigenvalue weighted by Gasteiger charge is -2.23. The van der Waals surface area contributed by atoms with Crippen molar-refractivity contribution in [3.63, 3.8) is 0 Å². The van der Waals surface area contributed by atoms with Crippen molar-refractivity contribution in [3.05, 3.63) is 53.6 Å². The van der Waals surface area contributed by atoms with Crippen molar-refractivity contribution in [1.82, 2.24) is 9.62 Å². The van der Waals surface area contributed by atoms with E-state index in [-0.39, 0.29) is 29.9 Å². The molecular weight excluding hydrogens is 404 g/mol. The van der Waals surface area contributed by atoms with Gasteiger partial charge in [0, 0.05) is 12.1 Å². The lowest BCUT2D eigenvalue weighted by Crippen LogP contribution is -2.41. The molecule has 30 heavy (non-hydrogen) atoms. The van der Waals surface area contributed by atoms with Crippen LogP contribution >= 0.6 is 0 Å². The molecule has 0 saturated heterocycles. The normalized spacial score (nSPS) is 12.5. The number of hydrogen-bond donors (Lipinski definition) is 1. The van der Waals surface area contributed by atoms with Crippen LogP contribution in [0, 0.1) is 6.92 Å². The molecule has 0 heterocycles. The molecule has 0 radical (unpaired) electrons. The highest BCUT2D eigenvalue weighted by Gasteiger charge is 2.26. The summed E-state index contributed by atoms with van der Waals surface area (Å²) in [5.74, 6) is 0.916. The minimum atomic E-state index is -3.82. The third-order valence-electron chi connectivity index (χ3n) is 4.74. The minimum Gasteiger partial charge on any atom is -0.496 e. The van der Waals surface area contributed by atoms with Crippen LogP contribution in [0.4, 0.5) is 0 Å². The first-order chi connectivity index (χ1) is 14.2. The van der Waals surface area contributed by atoms with E-state index in [9.17, 15) is 13.2 Å². The van der Waals surface area contributed by atoms with E-state index in [1.807, 2.05) is 38.1 Å². The molecule has 8 heteroatoms. The molecule has 7 nitrogen and oxygen atoms in total. The predicted molar refractivity (Wildman–Crippen MR) is 116 cm³/mol. The van der Waals surface area contributed by atoms with Gasteiger partial charge in [0.05, 0.1) is 31.2 Å². The highest BCUT2D eigenvalue weighted by molar-refractivity contribution is 7.89. The number of sulfonamides is 1. The second-order valence-corrected chi connectivity index (χ2v) is 8.76. The second kappa shape index (κ2) is 10.4. The lowest BCUT2D eigenvalue weighted by atomic mass is 10.1. The van der Waals surface area contributed by atoms with Gasteiger partial charge in [-0.1, -0.05) is 25.1 Å². The summed E-state index contributed by atoms with van der Waals surface area (Å²) in [5.41, 5.74) is 1.55. The first kappa shape index (κ1) is 23.7. The van der Waals surface area contributed by atoms with Crippen LogP contribution in [0.5, 0.6) is 11.5 Å². The highest BCUT2D eigenvalue weighted by atomic mass is 32.2. The maximum absolute atomic E-state index is 13.1.